The van der Waals surface area contributed by atoms with E-state index in [1.165, 1.54) is 32.5 Å². The summed E-state index contributed by atoms with van der Waals surface area (Å²) in [5, 5.41) is 13.1. The van der Waals surface area contributed by atoms with Crippen molar-refractivity contribution in [3.8, 4) is 0 Å². The number of rotatable bonds is 8. The van der Waals surface area contributed by atoms with Crippen LogP contribution in [0.3, 0.4) is 0 Å². The predicted octanol–water partition coefficient (Wildman–Crippen LogP) is 1.09. The summed E-state index contributed by atoms with van der Waals surface area (Å²) in [6.07, 6.45) is 2.36. The molecular weight excluding hydrogens is 228 g/mol. The molecule has 18 heavy (non-hydrogen) atoms. The lowest BCUT2D eigenvalue weighted by Crippen LogP contribution is -2.39. The summed E-state index contributed by atoms with van der Waals surface area (Å²) >= 11 is 0. The summed E-state index contributed by atoms with van der Waals surface area (Å²) in [6.45, 7) is 11.9. The van der Waals surface area contributed by atoms with E-state index in [1.54, 1.807) is 0 Å². The molecule has 1 heterocycles. The fraction of sp³-hybridized carbons (Fsp3) is 1.00. The third-order valence-electron chi connectivity index (χ3n) is 3.59. The Kier molecular flexibility index (Phi) is 7.82. The number of ether oxygens (including phenoxy) is 1. The number of hydrogen-bond acceptors (Lipinski definition) is 4. The highest BCUT2D eigenvalue weighted by molar-refractivity contribution is 4.73. The van der Waals surface area contributed by atoms with Crippen molar-refractivity contribution in [1.82, 2.24) is 10.2 Å². The summed E-state index contributed by atoms with van der Waals surface area (Å²) in [4.78, 5) is 2.50. The van der Waals surface area contributed by atoms with Gasteiger partial charge < -0.3 is 20.1 Å². The van der Waals surface area contributed by atoms with E-state index >= 15 is 0 Å². The van der Waals surface area contributed by atoms with Crippen molar-refractivity contribution in [2.45, 2.75) is 45.8 Å². The van der Waals surface area contributed by atoms with Gasteiger partial charge in [-0.3, -0.25) is 0 Å². The highest BCUT2D eigenvalue weighted by atomic mass is 16.5. The summed E-state index contributed by atoms with van der Waals surface area (Å²) < 4.78 is 5.38. The average Bonchev–Trinajstić information content (AvgIpc) is 2.37. The van der Waals surface area contributed by atoms with Crippen molar-refractivity contribution in [1.29, 1.82) is 0 Å². The second-order valence-electron chi connectivity index (χ2n) is 5.57. The summed E-state index contributed by atoms with van der Waals surface area (Å²) in [5.74, 6) is 0.769. The minimum Gasteiger partial charge on any atom is -0.389 e. The predicted molar refractivity (Wildman–Crippen MR) is 74.8 cm³/mol. The van der Waals surface area contributed by atoms with Crippen molar-refractivity contribution in [2.75, 3.05) is 39.3 Å². The van der Waals surface area contributed by atoms with Crippen LogP contribution in [-0.2, 0) is 4.74 Å². The maximum Gasteiger partial charge on any atom is 0.0897 e. The molecule has 108 valence electrons. The molecule has 1 saturated heterocycles. The Morgan fingerprint density at radius 1 is 1.33 bits per heavy atom. The quantitative estimate of drug-likeness (QED) is 0.684. The maximum absolute atomic E-state index is 9.71. The molecular formula is C14H30N2O2. The standard InChI is InChI=1S/C14H30N2O2/c1-4-16-7-5-13(6-8-16)9-15-10-14(17)11-18-12(2)3/h12-15,17H,4-11H2,1-3H3. The van der Waals surface area contributed by atoms with Crippen molar-refractivity contribution in [2.24, 2.45) is 5.92 Å². The van der Waals surface area contributed by atoms with Crippen LogP contribution in [0, 0.1) is 5.92 Å². The Bertz CT molecular complexity index is 204. The Labute approximate surface area is 112 Å². The topological polar surface area (TPSA) is 44.7 Å². The van der Waals surface area contributed by atoms with Gasteiger partial charge in [-0.15, -0.1) is 0 Å². The summed E-state index contributed by atoms with van der Waals surface area (Å²) in [5.41, 5.74) is 0. The molecule has 4 heteroatoms. The SMILES string of the molecule is CCN1CCC(CNCC(O)COC(C)C)CC1. The van der Waals surface area contributed by atoms with Gasteiger partial charge in [0.05, 0.1) is 18.8 Å². The van der Waals surface area contributed by atoms with Crippen LogP contribution >= 0.6 is 0 Å². The molecule has 1 unspecified atom stereocenters. The number of aliphatic hydroxyl groups is 1. The second kappa shape index (κ2) is 8.86. The van der Waals surface area contributed by atoms with Crippen LogP contribution < -0.4 is 5.32 Å². The van der Waals surface area contributed by atoms with Gasteiger partial charge >= 0.3 is 0 Å². The Balaban J connectivity index is 2.01. The minimum atomic E-state index is -0.386. The summed E-state index contributed by atoms with van der Waals surface area (Å²) in [6, 6.07) is 0. The van der Waals surface area contributed by atoms with Gasteiger partial charge in [0.15, 0.2) is 0 Å². The normalized spacial score (nSPS) is 20.5. The van der Waals surface area contributed by atoms with Crippen LogP contribution in [0.4, 0.5) is 0 Å². The zero-order chi connectivity index (χ0) is 13.4. The zero-order valence-corrected chi connectivity index (χ0v) is 12.2. The molecule has 0 spiro atoms. The number of aliphatic hydroxyl groups excluding tert-OH is 1. The van der Waals surface area contributed by atoms with Crippen molar-refractivity contribution in [3.05, 3.63) is 0 Å². The lowest BCUT2D eigenvalue weighted by molar-refractivity contribution is 0.00590. The number of nitrogens with zero attached hydrogens (tertiary/aromatic N) is 1. The van der Waals surface area contributed by atoms with Gasteiger partial charge in [0.25, 0.3) is 0 Å². The van der Waals surface area contributed by atoms with Gasteiger partial charge in [0.2, 0.25) is 0 Å². The molecule has 0 aromatic rings. The van der Waals surface area contributed by atoms with Gasteiger partial charge in [0, 0.05) is 6.54 Å². The second-order valence-corrected chi connectivity index (χ2v) is 5.57. The molecule has 0 aromatic carbocycles. The van der Waals surface area contributed by atoms with Crippen LogP contribution in [0.15, 0.2) is 0 Å². The molecule has 1 aliphatic heterocycles. The maximum atomic E-state index is 9.71. The third-order valence-corrected chi connectivity index (χ3v) is 3.59. The monoisotopic (exact) mass is 258 g/mol. The average molecular weight is 258 g/mol. The fourth-order valence-electron chi connectivity index (χ4n) is 2.32. The molecule has 1 rings (SSSR count). The lowest BCUT2D eigenvalue weighted by Gasteiger charge is -2.31. The molecule has 0 amide bonds. The Morgan fingerprint density at radius 3 is 2.56 bits per heavy atom. The van der Waals surface area contributed by atoms with Crippen LogP contribution in [0.5, 0.6) is 0 Å². The number of hydrogen-bond donors (Lipinski definition) is 2. The van der Waals surface area contributed by atoms with Gasteiger partial charge in [-0.2, -0.15) is 0 Å². The van der Waals surface area contributed by atoms with E-state index < -0.39 is 0 Å². The van der Waals surface area contributed by atoms with Gasteiger partial charge in [0.1, 0.15) is 0 Å². The molecule has 0 radical (unpaired) electrons. The first kappa shape index (κ1) is 15.9. The molecule has 0 aromatic heterocycles. The minimum absolute atomic E-state index is 0.193. The highest BCUT2D eigenvalue weighted by Gasteiger charge is 2.17. The lowest BCUT2D eigenvalue weighted by atomic mass is 9.97. The summed E-state index contributed by atoms with van der Waals surface area (Å²) in [7, 11) is 0. The number of likely N-dealkylation sites (tertiary alicyclic amines) is 1. The van der Waals surface area contributed by atoms with E-state index in [9.17, 15) is 5.11 Å². The van der Waals surface area contributed by atoms with Gasteiger partial charge in [-0.25, -0.2) is 0 Å². The van der Waals surface area contributed by atoms with E-state index in [4.69, 9.17) is 4.74 Å². The first-order valence-electron chi connectivity index (χ1n) is 7.34. The van der Waals surface area contributed by atoms with Crippen LogP contribution in [0.1, 0.15) is 33.6 Å². The Morgan fingerprint density at radius 2 is 2.00 bits per heavy atom. The molecule has 2 N–H and O–H groups in total. The highest BCUT2D eigenvalue weighted by Crippen LogP contribution is 2.15. The van der Waals surface area contributed by atoms with Crippen molar-refractivity contribution in [3.63, 3.8) is 0 Å². The van der Waals surface area contributed by atoms with E-state index in [1.807, 2.05) is 13.8 Å². The van der Waals surface area contributed by atoms with Crippen LogP contribution in [-0.4, -0.2) is 61.5 Å². The molecule has 4 nitrogen and oxygen atoms in total. The molecule has 0 bridgehead atoms. The van der Waals surface area contributed by atoms with Crippen LogP contribution in [0.2, 0.25) is 0 Å². The number of piperidine rings is 1. The first-order chi connectivity index (χ1) is 8.61. The van der Waals surface area contributed by atoms with Gasteiger partial charge in [-0.05, 0) is 58.8 Å². The molecule has 0 saturated carbocycles. The van der Waals surface area contributed by atoms with Crippen molar-refractivity contribution >= 4 is 0 Å². The van der Waals surface area contributed by atoms with Gasteiger partial charge in [-0.1, -0.05) is 6.92 Å². The molecule has 1 fully saturated rings. The first-order valence-corrected chi connectivity index (χ1v) is 7.34. The van der Waals surface area contributed by atoms with E-state index in [0.29, 0.717) is 13.2 Å². The van der Waals surface area contributed by atoms with E-state index in [-0.39, 0.29) is 12.2 Å². The van der Waals surface area contributed by atoms with E-state index in [2.05, 4.69) is 17.1 Å². The smallest absolute Gasteiger partial charge is 0.0897 e. The Hall–Kier alpha value is -0.160. The zero-order valence-electron chi connectivity index (χ0n) is 12.2. The molecule has 1 atom stereocenters. The third kappa shape index (κ3) is 6.69. The van der Waals surface area contributed by atoms with Crippen LogP contribution in [0.25, 0.3) is 0 Å². The van der Waals surface area contributed by atoms with E-state index in [0.717, 1.165) is 12.5 Å². The number of nitrogens with one attached hydrogen (secondary N) is 1. The molecule has 1 aliphatic rings. The fourth-order valence-corrected chi connectivity index (χ4v) is 2.32. The largest absolute Gasteiger partial charge is 0.389 e. The van der Waals surface area contributed by atoms with Crippen molar-refractivity contribution < 1.29 is 9.84 Å². The molecule has 0 aliphatic carbocycles.